The number of anilines is 2. The van der Waals surface area contributed by atoms with Crippen molar-refractivity contribution in [3.8, 4) is 5.88 Å². The molecule has 0 unspecified atom stereocenters. The number of nitrogens with zero attached hydrogens (tertiary/aromatic N) is 3. The number of pyridine rings is 1. The van der Waals surface area contributed by atoms with Crippen LogP contribution in [0.1, 0.15) is 24.0 Å². The van der Waals surface area contributed by atoms with Crippen LogP contribution in [0.4, 0.5) is 21.0 Å². The van der Waals surface area contributed by atoms with E-state index >= 15 is 0 Å². The Morgan fingerprint density at radius 3 is 2.62 bits per heavy atom. The number of nitrogen functional groups attached to an aromatic ring is 1. The van der Waals surface area contributed by atoms with Gasteiger partial charge in [0.15, 0.2) is 0 Å². The maximum absolute atomic E-state index is 13.1. The lowest BCUT2D eigenvalue weighted by Gasteiger charge is -2.27. The number of nitrogens with two attached hydrogens (primary N) is 1. The van der Waals surface area contributed by atoms with E-state index in [0.717, 1.165) is 57.7 Å². The zero-order valence-corrected chi connectivity index (χ0v) is 22.8. The molecule has 0 radical (unpaired) electrons. The first-order valence-corrected chi connectivity index (χ1v) is 14.1. The maximum Gasteiger partial charge on any atom is 0.418 e. The Kier molecular flexibility index (Phi) is 10.9. The number of hydrogen-bond donors (Lipinski definition) is 3. The summed E-state index contributed by atoms with van der Waals surface area (Å²) in [6, 6.07) is 13.4. The van der Waals surface area contributed by atoms with Crippen LogP contribution in [0.5, 0.6) is 5.88 Å². The standard InChI is InChI=1S/C28H36N6O4S/c29-24-20-39-21-25(24)32-28(36)38-26-9-8-23(18-31-26)19-34(13-5-4-12-33-14-16-37-17-15-33)27(35)30-11-10-22-6-2-1-3-7-22/h1-3,6-9,18,20-21H,4-5,10-17,19,29H2,(H,30,35)(H,32,36). The molecule has 3 heterocycles. The molecule has 3 aromatic rings. The van der Waals surface area contributed by atoms with Crippen molar-refractivity contribution < 1.29 is 19.1 Å². The molecule has 3 amide bonds. The summed E-state index contributed by atoms with van der Waals surface area (Å²) < 4.78 is 10.7. The van der Waals surface area contributed by atoms with E-state index in [4.69, 9.17) is 15.2 Å². The third-order valence-electron chi connectivity index (χ3n) is 6.37. The highest BCUT2D eigenvalue weighted by Crippen LogP contribution is 2.23. The van der Waals surface area contributed by atoms with Crippen molar-refractivity contribution in [1.29, 1.82) is 0 Å². The van der Waals surface area contributed by atoms with Crippen molar-refractivity contribution in [3.05, 3.63) is 70.5 Å². The van der Waals surface area contributed by atoms with Crippen molar-refractivity contribution >= 4 is 34.8 Å². The number of hydrogen-bond acceptors (Lipinski definition) is 8. The highest BCUT2D eigenvalue weighted by atomic mass is 32.1. The molecule has 11 heteroatoms. The molecular weight excluding hydrogens is 516 g/mol. The first-order chi connectivity index (χ1) is 19.1. The molecule has 4 rings (SSSR count). The van der Waals surface area contributed by atoms with Crippen molar-refractivity contribution in [2.45, 2.75) is 25.8 Å². The average molecular weight is 553 g/mol. The lowest BCUT2D eigenvalue weighted by Crippen LogP contribution is -2.41. The SMILES string of the molecule is Nc1cscc1NC(=O)Oc1ccc(CN(CCCCN2CCOCC2)C(=O)NCCc2ccccc2)cn1. The van der Waals surface area contributed by atoms with E-state index in [1.165, 1.54) is 16.9 Å². The number of aromatic nitrogens is 1. The predicted molar refractivity (Wildman–Crippen MR) is 153 cm³/mol. The molecule has 0 aliphatic carbocycles. The Hall–Kier alpha value is -3.67. The number of nitrogens with one attached hydrogen (secondary N) is 2. The Morgan fingerprint density at radius 1 is 1.08 bits per heavy atom. The molecule has 2 aromatic heterocycles. The number of benzene rings is 1. The average Bonchev–Trinajstić information content (AvgIpc) is 3.36. The van der Waals surface area contributed by atoms with Gasteiger partial charge in [0.2, 0.25) is 5.88 Å². The molecule has 1 aliphatic rings. The molecule has 0 saturated carbocycles. The molecule has 1 saturated heterocycles. The van der Waals surface area contributed by atoms with Crippen molar-refractivity contribution in [1.82, 2.24) is 20.1 Å². The minimum Gasteiger partial charge on any atom is -0.396 e. The van der Waals surface area contributed by atoms with E-state index in [1.54, 1.807) is 23.0 Å². The number of carbonyl (C=O) groups is 2. The Morgan fingerprint density at radius 2 is 1.90 bits per heavy atom. The third-order valence-corrected chi connectivity index (χ3v) is 7.13. The van der Waals surface area contributed by atoms with E-state index in [-0.39, 0.29) is 11.9 Å². The van der Waals surface area contributed by atoms with Crippen molar-refractivity contribution in [2.75, 3.05) is 57.0 Å². The van der Waals surface area contributed by atoms with Crippen LogP contribution in [0.3, 0.4) is 0 Å². The van der Waals surface area contributed by atoms with Gasteiger partial charge in [-0.1, -0.05) is 36.4 Å². The van der Waals surface area contributed by atoms with Gasteiger partial charge >= 0.3 is 12.1 Å². The first-order valence-electron chi connectivity index (χ1n) is 13.2. The molecule has 4 N–H and O–H groups in total. The van der Waals surface area contributed by atoms with Crippen LogP contribution in [-0.4, -0.2) is 72.8 Å². The predicted octanol–water partition coefficient (Wildman–Crippen LogP) is 4.20. The van der Waals surface area contributed by atoms with Gasteiger partial charge in [-0.2, -0.15) is 0 Å². The van der Waals surface area contributed by atoms with Crippen molar-refractivity contribution in [2.24, 2.45) is 0 Å². The van der Waals surface area contributed by atoms with E-state index in [0.29, 0.717) is 31.0 Å². The smallest absolute Gasteiger partial charge is 0.396 e. The fraction of sp³-hybridized carbons (Fsp3) is 0.393. The van der Waals surface area contributed by atoms with Gasteiger partial charge in [-0.05, 0) is 36.9 Å². The summed E-state index contributed by atoms with van der Waals surface area (Å²) >= 11 is 1.39. The van der Waals surface area contributed by atoms with Gasteiger partial charge in [-0.15, -0.1) is 11.3 Å². The number of unbranched alkanes of at least 4 members (excludes halogenated alkanes) is 1. The summed E-state index contributed by atoms with van der Waals surface area (Å²) in [4.78, 5) is 33.7. The topological polar surface area (TPSA) is 122 Å². The molecule has 0 atom stereocenters. The summed E-state index contributed by atoms with van der Waals surface area (Å²) in [5.74, 6) is 0.162. The van der Waals surface area contributed by atoms with Gasteiger partial charge in [0.1, 0.15) is 0 Å². The largest absolute Gasteiger partial charge is 0.418 e. The van der Waals surface area contributed by atoms with Crippen LogP contribution in [0.25, 0.3) is 0 Å². The molecule has 0 bridgehead atoms. The van der Waals surface area contributed by atoms with Gasteiger partial charge in [-0.3, -0.25) is 10.2 Å². The minimum atomic E-state index is -0.667. The fourth-order valence-corrected chi connectivity index (χ4v) is 4.88. The zero-order valence-electron chi connectivity index (χ0n) is 22.0. The summed E-state index contributed by atoms with van der Waals surface area (Å²) in [6.45, 7) is 6.08. The maximum atomic E-state index is 13.1. The lowest BCUT2D eigenvalue weighted by atomic mass is 10.1. The van der Waals surface area contributed by atoms with Gasteiger partial charge in [0.25, 0.3) is 0 Å². The van der Waals surface area contributed by atoms with Gasteiger partial charge < -0.3 is 25.4 Å². The molecule has 10 nitrogen and oxygen atoms in total. The quantitative estimate of drug-likeness (QED) is 0.288. The van der Waals surface area contributed by atoms with Gasteiger partial charge in [0, 0.05) is 55.7 Å². The molecule has 0 spiro atoms. The Labute approximate surface area is 233 Å². The number of urea groups is 1. The summed E-state index contributed by atoms with van der Waals surface area (Å²) in [5.41, 5.74) is 8.80. The second-order valence-electron chi connectivity index (χ2n) is 9.31. The summed E-state index contributed by atoms with van der Waals surface area (Å²) in [5, 5.41) is 9.11. The van der Waals surface area contributed by atoms with Crippen LogP contribution in [0.15, 0.2) is 59.4 Å². The highest BCUT2D eigenvalue weighted by molar-refractivity contribution is 7.09. The molecule has 1 aliphatic heterocycles. The lowest BCUT2D eigenvalue weighted by molar-refractivity contribution is 0.0369. The van der Waals surface area contributed by atoms with E-state index in [1.807, 2.05) is 29.2 Å². The highest BCUT2D eigenvalue weighted by Gasteiger charge is 2.16. The van der Waals surface area contributed by atoms with Crippen LogP contribution in [0.2, 0.25) is 0 Å². The summed E-state index contributed by atoms with van der Waals surface area (Å²) in [7, 11) is 0. The Balaban J connectivity index is 1.29. The van der Waals surface area contributed by atoms with Crippen molar-refractivity contribution in [3.63, 3.8) is 0 Å². The number of carbonyl (C=O) groups excluding carboxylic acids is 2. The van der Waals surface area contributed by atoms with Gasteiger partial charge in [-0.25, -0.2) is 14.6 Å². The van der Waals surface area contributed by atoms with Crippen LogP contribution in [-0.2, 0) is 17.7 Å². The second kappa shape index (κ2) is 15.1. The number of thiophene rings is 1. The fourth-order valence-electron chi connectivity index (χ4n) is 4.21. The number of ether oxygens (including phenoxy) is 2. The zero-order chi connectivity index (χ0) is 27.3. The number of morpholine rings is 1. The normalized spacial score (nSPS) is 13.5. The minimum absolute atomic E-state index is 0.106. The van der Waals surface area contributed by atoms with Crippen LogP contribution in [0, 0.1) is 0 Å². The number of amides is 3. The van der Waals surface area contributed by atoms with Crippen LogP contribution < -0.4 is 21.1 Å². The molecule has 39 heavy (non-hydrogen) atoms. The second-order valence-corrected chi connectivity index (χ2v) is 10.1. The van der Waals surface area contributed by atoms with Crippen LogP contribution >= 0.6 is 11.3 Å². The first kappa shape index (κ1) is 28.3. The molecular formula is C28H36N6O4S. The molecule has 1 fully saturated rings. The summed E-state index contributed by atoms with van der Waals surface area (Å²) in [6.07, 6.45) is 3.62. The van der Waals surface area contributed by atoms with Gasteiger partial charge in [0.05, 0.1) is 24.6 Å². The van der Waals surface area contributed by atoms with E-state index < -0.39 is 6.09 Å². The van der Waals surface area contributed by atoms with E-state index in [9.17, 15) is 9.59 Å². The number of rotatable bonds is 12. The molecule has 1 aromatic carbocycles. The molecule has 208 valence electrons. The Bertz CT molecular complexity index is 1170. The third kappa shape index (κ3) is 9.54. The van der Waals surface area contributed by atoms with E-state index in [2.05, 4.69) is 32.7 Å². The monoisotopic (exact) mass is 552 g/mol.